The number of carbonyl (C=O) groups excluding carboxylic acids is 1. The van der Waals surface area contributed by atoms with Crippen LogP contribution in [-0.4, -0.2) is 35.8 Å². The number of hydrogen-bond donors (Lipinski definition) is 0. The average molecular weight is 299 g/mol. The second-order valence-electron chi connectivity index (χ2n) is 6.14. The van der Waals surface area contributed by atoms with Gasteiger partial charge < -0.3 is 14.4 Å². The van der Waals surface area contributed by atoms with E-state index in [2.05, 4.69) is 0 Å². The molecule has 0 radical (unpaired) electrons. The Morgan fingerprint density at radius 1 is 1.24 bits per heavy atom. The van der Waals surface area contributed by atoms with Gasteiger partial charge in [0.2, 0.25) is 0 Å². The Morgan fingerprint density at radius 3 is 2.24 bits per heavy atom. The van der Waals surface area contributed by atoms with E-state index in [9.17, 15) is 13.6 Å². The molecule has 1 amide bonds. The normalized spacial score (nSPS) is 15.6. The van der Waals surface area contributed by atoms with Crippen LogP contribution in [0.4, 0.5) is 13.6 Å². The second-order valence-corrected chi connectivity index (χ2v) is 6.14. The predicted octanol–water partition coefficient (Wildman–Crippen LogP) is 3.27. The Bertz CT molecular complexity index is 525. The van der Waals surface area contributed by atoms with Crippen molar-refractivity contribution >= 4 is 6.09 Å². The third-order valence-electron chi connectivity index (χ3n) is 3.06. The molecule has 1 aliphatic heterocycles. The van der Waals surface area contributed by atoms with Crippen molar-refractivity contribution in [3.05, 3.63) is 29.3 Å². The zero-order valence-electron chi connectivity index (χ0n) is 12.6. The molecule has 0 N–H and O–H groups in total. The summed E-state index contributed by atoms with van der Waals surface area (Å²) in [5, 5.41) is 0. The van der Waals surface area contributed by atoms with E-state index in [4.69, 9.17) is 9.47 Å². The van der Waals surface area contributed by atoms with Crippen molar-refractivity contribution in [2.45, 2.75) is 39.4 Å². The highest BCUT2D eigenvalue weighted by Gasteiger charge is 2.35. The number of amides is 1. The van der Waals surface area contributed by atoms with Crippen LogP contribution in [0.1, 0.15) is 26.3 Å². The van der Waals surface area contributed by atoms with Crippen molar-refractivity contribution in [1.29, 1.82) is 0 Å². The molecular formula is C15H19F2NO3. The molecule has 21 heavy (non-hydrogen) atoms. The Labute approximate surface area is 122 Å². The molecular weight excluding hydrogens is 280 g/mol. The lowest BCUT2D eigenvalue weighted by Gasteiger charge is -2.39. The first-order valence-corrected chi connectivity index (χ1v) is 6.76. The summed E-state index contributed by atoms with van der Waals surface area (Å²) in [4.78, 5) is 13.2. The van der Waals surface area contributed by atoms with Crippen molar-refractivity contribution < 1.29 is 23.0 Å². The van der Waals surface area contributed by atoms with Gasteiger partial charge in [-0.2, -0.15) is 0 Å². The SMILES string of the molecule is Cc1c(F)cc(OC2CN(C(=O)OC(C)(C)C)C2)cc1F. The quantitative estimate of drug-likeness (QED) is 0.841. The summed E-state index contributed by atoms with van der Waals surface area (Å²) in [6.07, 6.45) is -0.692. The minimum Gasteiger partial charge on any atom is -0.487 e. The molecule has 1 fully saturated rings. The predicted molar refractivity (Wildman–Crippen MR) is 73.3 cm³/mol. The molecule has 2 rings (SSSR count). The maximum absolute atomic E-state index is 13.4. The summed E-state index contributed by atoms with van der Waals surface area (Å²) in [6.45, 7) is 7.41. The first-order chi connectivity index (χ1) is 9.65. The van der Waals surface area contributed by atoms with E-state index in [0.717, 1.165) is 12.1 Å². The zero-order chi connectivity index (χ0) is 15.8. The third-order valence-corrected chi connectivity index (χ3v) is 3.06. The van der Waals surface area contributed by atoms with Gasteiger partial charge >= 0.3 is 6.09 Å². The molecule has 1 heterocycles. The van der Waals surface area contributed by atoms with Gasteiger partial charge in [-0.3, -0.25) is 0 Å². The van der Waals surface area contributed by atoms with Crippen LogP contribution in [-0.2, 0) is 4.74 Å². The van der Waals surface area contributed by atoms with Crippen LogP contribution < -0.4 is 4.74 Å². The monoisotopic (exact) mass is 299 g/mol. The molecule has 0 unspecified atom stereocenters. The summed E-state index contributed by atoms with van der Waals surface area (Å²) in [6, 6.07) is 2.29. The maximum Gasteiger partial charge on any atom is 0.410 e. The number of nitrogens with zero attached hydrogens (tertiary/aromatic N) is 1. The van der Waals surface area contributed by atoms with Crippen molar-refractivity contribution in [2.24, 2.45) is 0 Å². The smallest absolute Gasteiger partial charge is 0.410 e. The standard InChI is InChI=1S/C15H19F2NO3/c1-9-12(16)5-10(6-13(9)17)20-11-7-18(8-11)14(19)21-15(2,3)4/h5-6,11H,7-8H2,1-4H3. The fourth-order valence-corrected chi connectivity index (χ4v) is 1.87. The van der Waals surface area contributed by atoms with Crippen LogP contribution in [0.5, 0.6) is 5.75 Å². The minimum atomic E-state index is -0.645. The van der Waals surface area contributed by atoms with Gasteiger partial charge in [0.15, 0.2) is 0 Å². The van der Waals surface area contributed by atoms with E-state index in [1.165, 1.54) is 11.8 Å². The largest absolute Gasteiger partial charge is 0.487 e. The van der Waals surface area contributed by atoms with Gasteiger partial charge in [0.25, 0.3) is 0 Å². The highest BCUT2D eigenvalue weighted by Crippen LogP contribution is 2.24. The van der Waals surface area contributed by atoms with Gasteiger partial charge in [-0.1, -0.05) is 0 Å². The van der Waals surface area contributed by atoms with Gasteiger partial charge in [0.1, 0.15) is 29.1 Å². The van der Waals surface area contributed by atoms with Gasteiger partial charge in [0.05, 0.1) is 13.1 Å². The Hall–Kier alpha value is -1.85. The van der Waals surface area contributed by atoms with Gasteiger partial charge in [-0.25, -0.2) is 13.6 Å². The molecule has 4 nitrogen and oxygen atoms in total. The van der Waals surface area contributed by atoms with E-state index in [1.54, 1.807) is 20.8 Å². The van der Waals surface area contributed by atoms with Crippen LogP contribution in [0.2, 0.25) is 0 Å². The Balaban J connectivity index is 1.87. The summed E-state index contributed by atoms with van der Waals surface area (Å²) >= 11 is 0. The molecule has 1 saturated heterocycles. The Morgan fingerprint density at radius 2 is 1.76 bits per heavy atom. The molecule has 116 valence electrons. The highest BCUT2D eigenvalue weighted by molar-refractivity contribution is 5.69. The van der Waals surface area contributed by atoms with Crippen LogP contribution in [0.25, 0.3) is 0 Å². The van der Waals surface area contributed by atoms with Gasteiger partial charge in [-0.05, 0) is 27.7 Å². The van der Waals surface area contributed by atoms with Crippen LogP contribution in [0.15, 0.2) is 12.1 Å². The molecule has 1 aliphatic rings. The zero-order valence-corrected chi connectivity index (χ0v) is 12.6. The van der Waals surface area contributed by atoms with Crippen LogP contribution in [0, 0.1) is 18.6 Å². The molecule has 0 aromatic heterocycles. The number of carbonyl (C=O) groups is 1. The molecule has 0 aliphatic carbocycles. The Kier molecular flexibility index (Phi) is 4.07. The fraction of sp³-hybridized carbons (Fsp3) is 0.533. The van der Waals surface area contributed by atoms with Crippen LogP contribution >= 0.6 is 0 Å². The summed E-state index contributed by atoms with van der Waals surface area (Å²) in [5.41, 5.74) is -0.585. The highest BCUT2D eigenvalue weighted by atomic mass is 19.1. The third kappa shape index (κ3) is 3.83. The molecule has 1 aromatic rings. The number of ether oxygens (including phenoxy) is 2. The summed E-state index contributed by atoms with van der Waals surface area (Å²) in [7, 11) is 0. The van der Waals surface area contributed by atoms with Crippen molar-refractivity contribution in [3.63, 3.8) is 0 Å². The molecule has 6 heteroatoms. The van der Waals surface area contributed by atoms with E-state index in [0.29, 0.717) is 13.1 Å². The van der Waals surface area contributed by atoms with Crippen LogP contribution in [0.3, 0.4) is 0 Å². The second kappa shape index (κ2) is 5.50. The number of likely N-dealkylation sites (tertiary alicyclic amines) is 1. The van der Waals surface area contributed by atoms with E-state index in [-0.39, 0.29) is 17.4 Å². The van der Waals surface area contributed by atoms with E-state index < -0.39 is 23.3 Å². The minimum absolute atomic E-state index is 0.0358. The van der Waals surface area contributed by atoms with Gasteiger partial charge in [0, 0.05) is 17.7 Å². The first-order valence-electron chi connectivity index (χ1n) is 6.76. The lowest BCUT2D eigenvalue weighted by Crippen LogP contribution is -2.57. The number of halogens is 2. The van der Waals surface area contributed by atoms with Crippen molar-refractivity contribution in [3.8, 4) is 5.75 Å². The maximum atomic E-state index is 13.4. The van der Waals surface area contributed by atoms with Crippen molar-refractivity contribution in [2.75, 3.05) is 13.1 Å². The number of benzene rings is 1. The fourth-order valence-electron chi connectivity index (χ4n) is 1.87. The average Bonchev–Trinajstić information content (AvgIpc) is 2.27. The molecule has 1 aromatic carbocycles. The summed E-state index contributed by atoms with van der Waals surface area (Å²) in [5.74, 6) is -1.16. The topological polar surface area (TPSA) is 38.8 Å². The molecule has 0 saturated carbocycles. The first kappa shape index (κ1) is 15.5. The lowest BCUT2D eigenvalue weighted by molar-refractivity contribution is -0.0222. The molecule has 0 spiro atoms. The number of rotatable bonds is 2. The summed E-state index contributed by atoms with van der Waals surface area (Å²) < 4.78 is 37.5. The number of hydrogen-bond acceptors (Lipinski definition) is 3. The lowest BCUT2D eigenvalue weighted by atomic mass is 10.1. The van der Waals surface area contributed by atoms with Gasteiger partial charge in [-0.15, -0.1) is 0 Å². The van der Waals surface area contributed by atoms with E-state index >= 15 is 0 Å². The van der Waals surface area contributed by atoms with E-state index in [1.807, 2.05) is 0 Å². The molecule has 0 bridgehead atoms. The molecule has 0 atom stereocenters. The van der Waals surface area contributed by atoms with Crippen molar-refractivity contribution in [1.82, 2.24) is 4.90 Å².